The Morgan fingerprint density at radius 1 is 1.06 bits per heavy atom. The van der Waals surface area contributed by atoms with Crippen molar-refractivity contribution in [3.8, 4) is 0 Å². The van der Waals surface area contributed by atoms with Gasteiger partial charge >= 0.3 is 0 Å². The molecule has 1 aromatic heterocycles. The maximum absolute atomic E-state index is 6.21. The third-order valence-corrected chi connectivity index (χ3v) is 4.34. The smallest absolute Gasteiger partial charge is 0.229 e. The van der Waals surface area contributed by atoms with Gasteiger partial charge in [-0.3, -0.25) is 0 Å². The number of rotatable bonds is 2. The molecule has 0 aliphatic heterocycles. The molecule has 2 fully saturated rings. The lowest BCUT2D eigenvalue weighted by molar-refractivity contribution is 0.228. The van der Waals surface area contributed by atoms with E-state index in [1.165, 1.54) is 44.9 Å². The van der Waals surface area contributed by atoms with Gasteiger partial charge in [-0.1, -0.05) is 30.8 Å². The van der Waals surface area contributed by atoms with Crippen LogP contribution in [0.15, 0.2) is 4.52 Å². The highest BCUT2D eigenvalue weighted by Crippen LogP contribution is 2.38. The molecular weight excluding hydrogens is 214 g/mol. The van der Waals surface area contributed by atoms with Crippen LogP contribution in [0, 0.1) is 0 Å². The van der Waals surface area contributed by atoms with Crippen molar-refractivity contribution in [3.63, 3.8) is 0 Å². The van der Waals surface area contributed by atoms with Crippen molar-refractivity contribution >= 4 is 0 Å². The third kappa shape index (κ3) is 2.10. The molecule has 0 radical (unpaired) electrons. The van der Waals surface area contributed by atoms with Gasteiger partial charge in [0, 0.05) is 5.92 Å². The number of hydrogen-bond donors (Lipinski definition) is 1. The summed E-state index contributed by atoms with van der Waals surface area (Å²) in [6.45, 7) is 0. The predicted molar refractivity (Wildman–Crippen MR) is 64.5 cm³/mol. The molecule has 0 aromatic carbocycles. The molecule has 0 bridgehead atoms. The molecule has 0 atom stereocenters. The van der Waals surface area contributed by atoms with Crippen LogP contribution in [-0.4, -0.2) is 10.1 Å². The molecular formula is C13H21N3O. The van der Waals surface area contributed by atoms with Gasteiger partial charge in [0.1, 0.15) is 0 Å². The van der Waals surface area contributed by atoms with Crippen LogP contribution in [-0.2, 0) is 5.54 Å². The molecule has 2 aliphatic rings. The molecule has 3 rings (SSSR count). The second-order valence-electron chi connectivity index (χ2n) is 5.65. The summed E-state index contributed by atoms with van der Waals surface area (Å²) in [7, 11) is 0. The molecule has 0 amide bonds. The van der Waals surface area contributed by atoms with Crippen LogP contribution in [0.25, 0.3) is 0 Å². The van der Waals surface area contributed by atoms with E-state index < -0.39 is 0 Å². The summed E-state index contributed by atoms with van der Waals surface area (Å²) in [6, 6.07) is 0. The lowest BCUT2D eigenvalue weighted by Gasteiger charge is -2.34. The van der Waals surface area contributed by atoms with Crippen LogP contribution in [0.2, 0.25) is 0 Å². The molecule has 17 heavy (non-hydrogen) atoms. The summed E-state index contributed by atoms with van der Waals surface area (Å²) in [5, 5.41) is 4.10. The number of nitrogens with zero attached hydrogens (tertiary/aromatic N) is 2. The zero-order valence-electron chi connectivity index (χ0n) is 10.3. The average molecular weight is 235 g/mol. The second kappa shape index (κ2) is 4.41. The van der Waals surface area contributed by atoms with E-state index >= 15 is 0 Å². The zero-order valence-corrected chi connectivity index (χ0v) is 10.3. The Kier molecular flexibility index (Phi) is 2.90. The van der Waals surface area contributed by atoms with E-state index in [2.05, 4.69) is 10.1 Å². The van der Waals surface area contributed by atoms with Crippen LogP contribution >= 0.6 is 0 Å². The summed E-state index contributed by atoms with van der Waals surface area (Å²) in [5.74, 6) is 2.05. The van der Waals surface area contributed by atoms with Gasteiger partial charge in [0.15, 0.2) is 5.82 Å². The highest BCUT2D eigenvalue weighted by molar-refractivity contribution is 5.09. The number of hydrogen-bond acceptors (Lipinski definition) is 4. The van der Waals surface area contributed by atoms with Crippen LogP contribution in [0.4, 0.5) is 0 Å². The molecule has 1 heterocycles. The van der Waals surface area contributed by atoms with Crippen molar-refractivity contribution in [1.29, 1.82) is 0 Å². The fraction of sp³-hybridized carbons (Fsp3) is 0.846. The predicted octanol–water partition coefficient (Wildman–Crippen LogP) is 2.85. The maximum atomic E-state index is 6.21. The Balaban J connectivity index is 1.74. The molecule has 1 aromatic rings. The van der Waals surface area contributed by atoms with E-state index in [-0.39, 0.29) is 5.54 Å². The Bertz CT molecular complexity index is 376. The number of nitrogens with two attached hydrogens (primary N) is 1. The summed E-state index contributed by atoms with van der Waals surface area (Å²) in [4.78, 5) is 4.57. The highest BCUT2D eigenvalue weighted by atomic mass is 16.5. The van der Waals surface area contributed by atoms with Gasteiger partial charge in [0.2, 0.25) is 5.89 Å². The minimum absolute atomic E-state index is 0.285. The van der Waals surface area contributed by atoms with Crippen LogP contribution in [0.3, 0.4) is 0 Å². The lowest BCUT2D eigenvalue weighted by atomic mass is 9.77. The summed E-state index contributed by atoms with van der Waals surface area (Å²) in [5.41, 5.74) is 5.93. The normalized spacial score (nSPS) is 25.2. The van der Waals surface area contributed by atoms with Crippen molar-refractivity contribution in [3.05, 3.63) is 11.7 Å². The van der Waals surface area contributed by atoms with Gasteiger partial charge < -0.3 is 10.3 Å². The zero-order chi connectivity index (χ0) is 11.7. The van der Waals surface area contributed by atoms with E-state index in [9.17, 15) is 0 Å². The summed E-state index contributed by atoms with van der Waals surface area (Å²) < 4.78 is 5.44. The fourth-order valence-electron chi connectivity index (χ4n) is 2.91. The van der Waals surface area contributed by atoms with E-state index in [4.69, 9.17) is 10.3 Å². The molecule has 0 unspecified atom stereocenters. The van der Waals surface area contributed by atoms with Crippen molar-refractivity contribution in [2.24, 2.45) is 5.73 Å². The van der Waals surface area contributed by atoms with Crippen LogP contribution in [0.5, 0.6) is 0 Å². The number of aromatic nitrogens is 2. The first-order chi connectivity index (χ1) is 8.28. The Morgan fingerprint density at radius 3 is 2.35 bits per heavy atom. The van der Waals surface area contributed by atoms with Crippen molar-refractivity contribution in [1.82, 2.24) is 10.1 Å². The molecule has 2 N–H and O–H groups in total. The first-order valence-electron chi connectivity index (χ1n) is 6.91. The minimum Gasteiger partial charge on any atom is -0.339 e. The standard InChI is InChI=1S/C13H21N3O/c14-13(8-5-9-13)12-15-11(17-16-12)10-6-3-1-2-4-7-10/h10H,1-9,14H2. The summed E-state index contributed by atoms with van der Waals surface area (Å²) >= 11 is 0. The van der Waals surface area contributed by atoms with Crippen molar-refractivity contribution < 1.29 is 4.52 Å². The maximum Gasteiger partial charge on any atom is 0.229 e. The SMILES string of the molecule is NC1(c2noc(C3CCCCCC3)n2)CCC1. The molecule has 4 nitrogen and oxygen atoms in total. The Labute approximate surface area is 102 Å². The van der Waals surface area contributed by atoms with Crippen molar-refractivity contribution in [2.75, 3.05) is 0 Å². The van der Waals surface area contributed by atoms with Gasteiger partial charge in [0.05, 0.1) is 5.54 Å². The van der Waals surface area contributed by atoms with Crippen molar-refractivity contribution in [2.45, 2.75) is 69.2 Å². The van der Waals surface area contributed by atoms with Crippen LogP contribution < -0.4 is 5.73 Å². The largest absolute Gasteiger partial charge is 0.339 e. The Morgan fingerprint density at radius 2 is 1.76 bits per heavy atom. The monoisotopic (exact) mass is 235 g/mol. The van der Waals surface area contributed by atoms with E-state index in [0.29, 0.717) is 5.92 Å². The second-order valence-corrected chi connectivity index (χ2v) is 5.65. The van der Waals surface area contributed by atoms with E-state index in [0.717, 1.165) is 24.6 Å². The molecule has 0 saturated heterocycles. The molecule has 0 spiro atoms. The van der Waals surface area contributed by atoms with E-state index in [1.807, 2.05) is 0 Å². The van der Waals surface area contributed by atoms with Gasteiger partial charge in [-0.05, 0) is 32.1 Å². The average Bonchev–Trinajstić information content (AvgIpc) is 2.62. The molecule has 94 valence electrons. The van der Waals surface area contributed by atoms with Crippen LogP contribution in [0.1, 0.15) is 75.4 Å². The molecule has 2 aliphatic carbocycles. The molecule has 2 saturated carbocycles. The first-order valence-corrected chi connectivity index (χ1v) is 6.91. The van der Waals surface area contributed by atoms with Gasteiger partial charge in [0.25, 0.3) is 0 Å². The first kappa shape index (κ1) is 11.2. The molecule has 4 heteroatoms. The quantitative estimate of drug-likeness (QED) is 0.800. The lowest BCUT2D eigenvalue weighted by Crippen LogP contribution is -2.44. The minimum atomic E-state index is -0.285. The third-order valence-electron chi connectivity index (χ3n) is 4.34. The van der Waals surface area contributed by atoms with Gasteiger partial charge in [-0.2, -0.15) is 4.98 Å². The fourth-order valence-corrected chi connectivity index (χ4v) is 2.91. The summed E-state index contributed by atoms with van der Waals surface area (Å²) in [6.07, 6.45) is 10.8. The highest BCUT2D eigenvalue weighted by Gasteiger charge is 2.39. The van der Waals surface area contributed by atoms with Gasteiger partial charge in [-0.25, -0.2) is 0 Å². The topological polar surface area (TPSA) is 64.9 Å². The van der Waals surface area contributed by atoms with Gasteiger partial charge in [-0.15, -0.1) is 0 Å². The van der Waals surface area contributed by atoms with E-state index in [1.54, 1.807) is 0 Å². The Hall–Kier alpha value is -0.900.